The molecule has 0 radical (unpaired) electrons. The summed E-state index contributed by atoms with van der Waals surface area (Å²) in [6.45, 7) is 0.134. The lowest BCUT2D eigenvalue weighted by molar-refractivity contribution is -0.151. The largest absolute Gasteiger partial charge is 0.475 e. The average Bonchev–Trinajstić information content (AvgIpc) is 2.41. The van der Waals surface area contributed by atoms with Crippen LogP contribution in [0.5, 0.6) is 0 Å². The molecule has 0 saturated heterocycles. The number of carbonyl (C=O) groups is 3. The minimum absolute atomic E-state index is 0.730. The molecule has 7 N–H and O–H groups in total. The van der Waals surface area contributed by atoms with Crippen LogP contribution in [0.1, 0.15) is 13.3 Å². The van der Waals surface area contributed by atoms with Crippen LogP contribution in [0.3, 0.4) is 0 Å². The number of aliphatic hydroxyl groups is 5. The van der Waals surface area contributed by atoms with Crippen molar-refractivity contribution in [1.82, 2.24) is 5.32 Å². The van der Waals surface area contributed by atoms with E-state index in [9.17, 15) is 34.8 Å². The van der Waals surface area contributed by atoms with Crippen LogP contribution >= 0.6 is 0 Å². The highest BCUT2D eigenvalue weighted by Crippen LogP contribution is 2.11. The molecule has 1 amide bonds. The lowest BCUT2D eigenvalue weighted by Crippen LogP contribution is -2.57. The van der Waals surface area contributed by atoms with E-state index in [1.54, 1.807) is 0 Å². The van der Waals surface area contributed by atoms with Crippen LogP contribution in [-0.2, 0) is 14.4 Å². The zero-order valence-corrected chi connectivity index (χ0v) is 11.2. The summed E-state index contributed by atoms with van der Waals surface area (Å²) < 4.78 is 0. The first-order valence-corrected chi connectivity index (χ1v) is 5.98. The van der Waals surface area contributed by atoms with E-state index in [0.717, 1.165) is 6.92 Å². The molecule has 0 bridgehead atoms. The number of carboxylic acid groups (broad SMARTS) is 1. The molecular weight excluding hydrogens is 292 g/mol. The average molecular weight is 311 g/mol. The predicted octanol–water partition coefficient (Wildman–Crippen LogP) is -4.03. The number of aliphatic carboxylic acids is 1. The van der Waals surface area contributed by atoms with Crippen molar-refractivity contribution in [2.75, 3.05) is 6.61 Å². The van der Waals surface area contributed by atoms with Gasteiger partial charge in [0.1, 0.15) is 18.3 Å². The van der Waals surface area contributed by atoms with Crippen molar-refractivity contribution < 1.29 is 45.0 Å². The van der Waals surface area contributed by atoms with Gasteiger partial charge in [0, 0.05) is 13.3 Å². The van der Waals surface area contributed by atoms with E-state index in [4.69, 9.17) is 10.2 Å². The van der Waals surface area contributed by atoms with E-state index < -0.39 is 61.1 Å². The van der Waals surface area contributed by atoms with Gasteiger partial charge in [-0.2, -0.15) is 0 Å². The molecule has 0 aromatic carbocycles. The Hall–Kier alpha value is -1.59. The van der Waals surface area contributed by atoms with E-state index in [1.165, 1.54) is 0 Å². The molecule has 0 rings (SSSR count). The quantitative estimate of drug-likeness (QED) is 0.208. The Morgan fingerprint density at radius 2 is 1.67 bits per heavy atom. The van der Waals surface area contributed by atoms with Gasteiger partial charge >= 0.3 is 5.97 Å². The summed E-state index contributed by atoms with van der Waals surface area (Å²) in [7, 11) is 0. The molecule has 122 valence electrons. The molecule has 0 aromatic rings. The van der Waals surface area contributed by atoms with Crippen LogP contribution in [0.2, 0.25) is 0 Å². The van der Waals surface area contributed by atoms with E-state index in [1.807, 2.05) is 5.32 Å². The number of rotatable bonds is 9. The van der Waals surface area contributed by atoms with Crippen LogP contribution in [0.15, 0.2) is 0 Å². The maximum Gasteiger partial charge on any atom is 0.372 e. The van der Waals surface area contributed by atoms with E-state index >= 15 is 0 Å². The highest BCUT2D eigenvalue weighted by atomic mass is 16.5. The van der Waals surface area contributed by atoms with Crippen molar-refractivity contribution in [3.05, 3.63) is 0 Å². The van der Waals surface area contributed by atoms with Gasteiger partial charge in [0.2, 0.25) is 11.7 Å². The van der Waals surface area contributed by atoms with E-state index in [0.29, 0.717) is 0 Å². The number of ketones is 1. The number of aliphatic hydroxyl groups excluding tert-OH is 5. The first kappa shape index (κ1) is 19.4. The molecule has 0 saturated carbocycles. The van der Waals surface area contributed by atoms with Gasteiger partial charge in [-0.15, -0.1) is 0 Å². The Labute approximate surface area is 119 Å². The Kier molecular flexibility index (Phi) is 7.99. The fourth-order valence-electron chi connectivity index (χ4n) is 1.60. The Balaban J connectivity index is 5.04. The number of carboxylic acids is 1. The summed E-state index contributed by atoms with van der Waals surface area (Å²) >= 11 is 0. The van der Waals surface area contributed by atoms with Crippen molar-refractivity contribution in [3.8, 4) is 0 Å². The topological polar surface area (TPSA) is 185 Å². The van der Waals surface area contributed by atoms with Crippen LogP contribution in [0.4, 0.5) is 0 Å². The lowest BCUT2D eigenvalue weighted by Gasteiger charge is -2.32. The summed E-state index contributed by atoms with van der Waals surface area (Å²) in [5, 5.41) is 57.4. The van der Waals surface area contributed by atoms with Crippen molar-refractivity contribution >= 4 is 17.7 Å². The molecule has 0 aliphatic carbocycles. The number of hydrogen-bond acceptors (Lipinski definition) is 8. The molecule has 10 heteroatoms. The second-order valence-electron chi connectivity index (χ2n) is 4.46. The zero-order chi connectivity index (χ0) is 16.7. The summed E-state index contributed by atoms with van der Waals surface area (Å²) in [5.74, 6) is -3.89. The van der Waals surface area contributed by atoms with Crippen molar-refractivity contribution in [1.29, 1.82) is 0 Å². The van der Waals surface area contributed by atoms with Crippen LogP contribution < -0.4 is 5.32 Å². The van der Waals surface area contributed by atoms with Crippen LogP contribution in [0.25, 0.3) is 0 Å². The maximum absolute atomic E-state index is 11.0. The highest BCUT2D eigenvalue weighted by molar-refractivity contribution is 6.32. The third kappa shape index (κ3) is 6.14. The molecule has 0 unspecified atom stereocenters. The SMILES string of the molecule is CC(=O)N[C@@H]([C@@H](O)[C@H](O)[C@H](O)CO)[14C@@H](O)CC(=O)C(=O)O. The summed E-state index contributed by atoms with van der Waals surface area (Å²) in [4.78, 5) is 32.4. The first-order valence-electron chi connectivity index (χ1n) is 5.98. The van der Waals surface area contributed by atoms with Crippen molar-refractivity contribution in [2.24, 2.45) is 0 Å². The second-order valence-corrected chi connectivity index (χ2v) is 4.46. The summed E-state index contributed by atoms with van der Waals surface area (Å²) in [6.07, 6.45) is -8.35. The lowest BCUT2D eigenvalue weighted by atomic mass is 10.1. The number of hydrogen-bond donors (Lipinski definition) is 7. The Morgan fingerprint density at radius 1 is 1.14 bits per heavy atom. The molecule has 0 aromatic heterocycles. The van der Waals surface area contributed by atoms with Gasteiger partial charge in [0.25, 0.3) is 0 Å². The van der Waals surface area contributed by atoms with E-state index in [2.05, 4.69) is 0 Å². The number of carbonyl (C=O) groups excluding carboxylic acids is 2. The molecule has 5 atom stereocenters. The van der Waals surface area contributed by atoms with Gasteiger partial charge in [-0.05, 0) is 0 Å². The third-order valence-corrected chi connectivity index (χ3v) is 2.72. The van der Waals surface area contributed by atoms with Crippen LogP contribution in [-0.4, -0.2) is 85.4 Å². The minimum atomic E-state index is -1.94. The smallest absolute Gasteiger partial charge is 0.372 e. The molecule has 0 fully saturated rings. The van der Waals surface area contributed by atoms with Crippen molar-refractivity contribution in [2.45, 2.75) is 43.8 Å². The van der Waals surface area contributed by atoms with Gasteiger partial charge in [-0.1, -0.05) is 0 Å². The van der Waals surface area contributed by atoms with E-state index in [-0.39, 0.29) is 0 Å². The highest BCUT2D eigenvalue weighted by Gasteiger charge is 2.37. The monoisotopic (exact) mass is 311 g/mol. The van der Waals surface area contributed by atoms with Gasteiger partial charge in [-0.25, -0.2) is 4.79 Å². The molecule has 0 spiro atoms. The standard InChI is InChI=1S/C11H19NO9/c1-4(14)12-8(5(15)2-6(16)11(20)21)10(19)9(18)7(17)3-13/h5,7-10,13,15,17-19H,2-3H2,1H3,(H,12,14)(H,20,21)/t5-,7+,8+,9+,10+/m0/s1/i5+2. The molecule has 0 aliphatic heterocycles. The molecular formula is C11H19NO9. The molecule has 0 heterocycles. The first-order chi connectivity index (χ1) is 9.61. The summed E-state index contributed by atoms with van der Waals surface area (Å²) in [5.41, 5.74) is 0. The molecule has 0 aliphatic rings. The maximum atomic E-state index is 11.0. The van der Waals surface area contributed by atoms with Crippen molar-refractivity contribution in [3.63, 3.8) is 0 Å². The van der Waals surface area contributed by atoms with Gasteiger partial charge in [0.05, 0.1) is 18.8 Å². The predicted molar refractivity (Wildman–Crippen MR) is 66.0 cm³/mol. The number of Topliss-reactive ketones (excluding diaryl/α,β-unsaturated/α-hetero) is 1. The fourth-order valence-corrected chi connectivity index (χ4v) is 1.60. The Bertz CT molecular complexity index is 386. The number of amides is 1. The minimum Gasteiger partial charge on any atom is -0.475 e. The normalized spacial score (nSPS) is 18.2. The van der Waals surface area contributed by atoms with Gasteiger partial charge in [-0.3, -0.25) is 9.59 Å². The zero-order valence-electron chi connectivity index (χ0n) is 11.2. The van der Waals surface area contributed by atoms with Gasteiger partial charge < -0.3 is 36.0 Å². The summed E-state index contributed by atoms with van der Waals surface area (Å²) in [6, 6.07) is -1.61. The molecule has 21 heavy (non-hydrogen) atoms. The molecule has 10 nitrogen and oxygen atoms in total. The van der Waals surface area contributed by atoms with Crippen LogP contribution in [0, 0.1) is 0 Å². The number of nitrogens with one attached hydrogen (secondary N) is 1. The second kappa shape index (κ2) is 8.64. The Morgan fingerprint density at radius 3 is 2.05 bits per heavy atom. The fraction of sp³-hybridized carbons (Fsp3) is 0.727. The van der Waals surface area contributed by atoms with Gasteiger partial charge in [0.15, 0.2) is 0 Å². The third-order valence-electron chi connectivity index (χ3n) is 2.72.